The molecule has 2 fully saturated rings. The molecule has 0 atom stereocenters. The molecule has 2 aromatic carbocycles. The topological polar surface area (TPSA) is 43.0 Å². The van der Waals surface area contributed by atoms with Gasteiger partial charge >= 0.3 is 12.4 Å². The van der Waals surface area contributed by atoms with Crippen molar-refractivity contribution in [3.63, 3.8) is 0 Å². The standard InChI is InChI=1S/C23H27F6N5O/c1-32-2-4-33(5-3-32)20-12-16(22(24,25)26)10-18(14-20)30-31-19-11-17(23(27,28)29)13-21(15-19)34-6-8-35-9-7-34/h10-15,30-31H,2-9H2,1H3. The zero-order chi connectivity index (χ0) is 25.2. The van der Waals surface area contributed by atoms with Crippen molar-refractivity contribution in [2.24, 2.45) is 0 Å². The summed E-state index contributed by atoms with van der Waals surface area (Å²) in [7, 11) is 1.95. The predicted octanol–water partition coefficient (Wildman–Crippen LogP) is 4.75. The second-order valence-electron chi connectivity index (χ2n) is 8.67. The van der Waals surface area contributed by atoms with Crippen molar-refractivity contribution in [3.05, 3.63) is 47.5 Å². The molecule has 35 heavy (non-hydrogen) atoms. The quantitative estimate of drug-likeness (QED) is 0.454. The Labute approximate surface area is 199 Å². The molecule has 0 radical (unpaired) electrons. The van der Waals surface area contributed by atoms with Gasteiger partial charge in [0, 0.05) is 50.6 Å². The minimum absolute atomic E-state index is 0.0832. The predicted molar refractivity (Wildman–Crippen MR) is 123 cm³/mol. The Morgan fingerprint density at radius 2 is 1.06 bits per heavy atom. The van der Waals surface area contributed by atoms with Crippen LogP contribution in [0, 0.1) is 0 Å². The monoisotopic (exact) mass is 503 g/mol. The van der Waals surface area contributed by atoms with Crippen molar-refractivity contribution in [2.45, 2.75) is 12.4 Å². The van der Waals surface area contributed by atoms with Gasteiger partial charge in [0.25, 0.3) is 0 Å². The van der Waals surface area contributed by atoms with Crippen LogP contribution < -0.4 is 20.7 Å². The van der Waals surface area contributed by atoms with Crippen molar-refractivity contribution in [3.8, 4) is 0 Å². The van der Waals surface area contributed by atoms with Crippen molar-refractivity contribution in [1.29, 1.82) is 0 Å². The van der Waals surface area contributed by atoms with E-state index in [-0.39, 0.29) is 11.4 Å². The number of benzene rings is 2. The number of anilines is 4. The number of alkyl halides is 6. The van der Waals surface area contributed by atoms with Gasteiger partial charge in [-0.1, -0.05) is 0 Å². The lowest BCUT2D eigenvalue weighted by atomic mass is 10.1. The SMILES string of the molecule is CN1CCN(c2cc(NNc3cc(N4CCOCC4)cc(C(F)(F)F)c3)cc(C(F)(F)F)c2)CC1. The normalized spacial score (nSPS) is 18.0. The van der Waals surface area contributed by atoms with E-state index >= 15 is 0 Å². The highest BCUT2D eigenvalue weighted by atomic mass is 19.4. The summed E-state index contributed by atoms with van der Waals surface area (Å²) in [6, 6.07) is 7.10. The molecule has 2 saturated heterocycles. The second-order valence-corrected chi connectivity index (χ2v) is 8.67. The van der Waals surface area contributed by atoms with E-state index in [2.05, 4.69) is 15.8 Å². The maximum atomic E-state index is 13.6. The number of morpholine rings is 1. The first kappa shape index (κ1) is 25.2. The lowest BCUT2D eigenvalue weighted by Gasteiger charge is -2.34. The van der Waals surface area contributed by atoms with Crippen LogP contribution in [0.15, 0.2) is 36.4 Å². The van der Waals surface area contributed by atoms with E-state index in [9.17, 15) is 26.3 Å². The molecule has 0 unspecified atom stereocenters. The zero-order valence-electron chi connectivity index (χ0n) is 19.1. The lowest BCUT2D eigenvalue weighted by Crippen LogP contribution is -2.44. The first-order chi connectivity index (χ1) is 16.5. The molecule has 0 aliphatic carbocycles. The summed E-state index contributed by atoms with van der Waals surface area (Å²) in [4.78, 5) is 5.73. The van der Waals surface area contributed by atoms with E-state index in [0.717, 1.165) is 24.3 Å². The summed E-state index contributed by atoms with van der Waals surface area (Å²) in [5, 5.41) is 0. The third kappa shape index (κ3) is 6.43. The van der Waals surface area contributed by atoms with Gasteiger partial charge < -0.3 is 30.3 Å². The number of hydrogen-bond acceptors (Lipinski definition) is 6. The van der Waals surface area contributed by atoms with Gasteiger partial charge in [0.2, 0.25) is 0 Å². The average Bonchev–Trinajstić information content (AvgIpc) is 2.82. The fourth-order valence-corrected chi connectivity index (χ4v) is 4.09. The summed E-state index contributed by atoms with van der Waals surface area (Å²) in [5.74, 6) is 0. The Morgan fingerprint density at radius 1 is 0.629 bits per heavy atom. The highest BCUT2D eigenvalue weighted by Crippen LogP contribution is 2.36. The minimum atomic E-state index is -4.58. The van der Waals surface area contributed by atoms with Crippen LogP contribution in [-0.2, 0) is 17.1 Å². The van der Waals surface area contributed by atoms with Crippen molar-refractivity contribution < 1.29 is 31.1 Å². The Hall–Kier alpha value is -2.86. The Bertz CT molecular complexity index is 1010. The van der Waals surface area contributed by atoms with Crippen LogP contribution in [0.3, 0.4) is 0 Å². The summed E-state index contributed by atoms with van der Waals surface area (Å²) in [6.07, 6.45) is -9.15. The van der Waals surface area contributed by atoms with E-state index < -0.39 is 23.5 Å². The maximum absolute atomic E-state index is 13.6. The molecule has 192 valence electrons. The van der Waals surface area contributed by atoms with Gasteiger partial charge in [-0.05, 0) is 43.4 Å². The smallest absolute Gasteiger partial charge is 0.378 e. The summed E-state index contributed by atoms with van der Waals surface area (Å²) in [6.45, 7) is 4.25. The number of piperazine rings is 1. The molecule has 0 bridgehead atoms. The van der Waals surface area contributed by atoms with Crippen molar-refractivity contribution in [1.82, 2.24) is 4.90 Å². The van der Waals surface area contributed by atoms with Crippen LogP contribution in [0.5, 0.6) is 0 Å². The van der Waals surface area contributed by atoms with E-state index in [1.54, 1.807) is 11.0 Å². The van der Waals surface area contributed by atoms with Gasteiger partial charge in [0.1, 0.15) is 0 Å². The molecule has 0 aromatic heterocycles. The molecule has 2 N–H and O–H groups in total. The van der Waals surface area contributed by atoms with E-state index in [4.69, 9.17) is 4.74 Å². The first-order valence-electron chi connectivity index (χ1n) is 11.2. The maximum Gasteiger partial charge on any atom is 0.416 e. The van der Waals surface area contributed by atoms with Crippen LogP contribution in [-0.4, -0.2) is 64.4 Å². The molecule has 2 aliphatic rings. The van der Waals surface area contributed by atoms with Gasteiger partial charge in [0.15, 0.2) is 0 Å². The molecule has 0 amide bonds. The van der Waals surface area contributed by atoms with Crippen LogP contribution in [0.25, 0.3) is 0 Å². The van der Waals surface area contributed by atoms with Gasteiger partial charge in [0.05, 0.1) is 35.7 Å². The zero-order valence-corrected chi connectivity index (χ0v) is 19.1. The number of nitrogens with one attached hydrogen (secondary N) is 2. The van der Waals surface area contributed by atoms with Crippen LogP contribution >= 0.6 is 0 Å². The first-order valence-corrected chi connectivity index (χ1v) is 11.2. The number of hydrogen-bond donors (Lipinski definition) is 2. The number of hydrazine groups is 1. The molecule has 4 rings (SSSR count). The highest BCUT2D eigenvalue weighted by Gasteiger charge is 2.33. The van der Waals surface area contributed by atoms with Crippen LogP contribution in [0.2, 0.25) is 0 Å². The average molecular weight is 503 g/mol. The highest BCUT2D eigenvalue weighted by molar-refractivity contribution is 5.66. The molecular formula is C23H27F6N5O. The van der Waals surface area contributed by atoms with Crippen molar-refractivity contribution in [2.75, 3.05) is 80.2 Å². The molecule has 2 heterocycles. The molecule has 6 nitrogen and oxygen atoms in total. The molecule has 0 spiro atoms. The molecule has 0 saturated carbocycles. The number of ether oxygens (including phenoxy) is 1. The van der Waals surface area contributed by atoms with Gasteiger partial charge in [-0.3, -0.25) is 0 Å². The fourth-order valence-electron chi connectivity index (χ4n) is 4.09. The van der Waals surface area contributed by atoms with E-state index in [1.165, 1.54) is 6.07 Å². The summed E-state index contributed by atoms with van der Waals surface area (Å²) < 4.78 is 86.5. The molecule has 12 heteroatoms. The van der Waals surface area contributed by atoms with Gasteiger partial charge in [-0.2, -0.15) is 26.3 Å². The molecule has 2 aromatic rings. The Morgan fingerprint density at radius 3 is 1.49 bits per heavy atom. The second kappa shape index (κ2) is 10.0. The molecule has 2 aliphatic heterocycles. The van der Waals surface area contributed by atoms with E-state index in [0.29, 0.717) is 63.9 Å². The summed E-state index contributed by atoms with van der Waals surface area (Å²) >= 11 is 0. The van der Waals surface area contributed by atoms with Crippen molar-refractivity contribution >= 4 is 22.7 Å². The Balaban J connectivity index is 1.59. The third-order valence-electron chi connectivity index (χ3n) is 6.09. The van der Waals surface area contributed by atoms with Crippen LogP contribution in [0.4, 0.5) is 49.1 Å². The Kier molecular flexibility index (Phi) is 7.22. The number of halogens is 6. The number of rotatable bonds is 5. The summed E-state index contributed by atoms with van der Waals surface area (Å²) in [5.41, 5.74) is 4.58. The largest absolute Gasteiger partial charge is 0.416 e. The minimum Gasteiger partial charge on any atom is -0.378 e. The van der Waals surface area contributed by atoms with Gasteiger partial charge in [-0.25, -0.2) is 0 Å². The van der Waals surface area contributed by atoms with E-state index in [1.807, 2.05) is 11.9 Å². The molecular weight excluding hydrogens is 476 g/mol. The van der Waals surface area contributed by atoms with Crippen LogP contribution in [0.1, 0.15) is 11.1 Å². The number of likely N-dealkylation sites (N-methyl/N-ethyl adjacent to an activating group) is 1. The lowest BCUT2D eigenvalue weighted by molar-refractivity contribution is -0.138. The van der Waals surface area contributed by atoms with Gasteiger partial charge in [-0.15, -0.1) is 0 Å². The number of nitrogens with zero attached hydrogens (tertiary/aromatic N) is 3. The third-order valence-corrected chi connectivity index (χ3v) is 6.09. The fraction of sp³-hybridized carbons (Fsp3) is 0.478.